The third kappa shape index (κ3) is 3.69. The molecule has 9 heteroatoms. The minimum Gasteiger partial charge on any atom is -0.440 e. The number of aromatic nitrogens is 2. The molecule has 3 aliphatic carbocycles. The van der Waals surface area contributed by atoms with Gasteiger partial charge < -0.3 is 9.73 Å². The van der Waals surface area contributed by atoms with E-state index < -0.39 is 9.84 Å². The number of hydrogen-bond acceptors (Lipinski definition) is 6. The second kappa shape index (κ2) is 7.31. The van der Waals surface area contributed by atoms with E-state index in [1.54, 1.807) is 12.1 Å². The van der Waals surface area contributed by atoms with Gasteiger partial charge >= 0.3 is 0 Å². The van der Waals surface area contributed by atoms with Crippen molar-refractivity contribution in [2.24, 2.45) is 5.41 Å². The van der Waals surface area contributed by atoms with Crippen LogP contribution in [0, 0.1) is 17.3 Å². The number of carbonyl (C=O) groups is 1. The normalized spacial score (nSPS) is 26.1. The maximum Gasteiger partial charge on any atom is 0.252 e. The van der Waals surface area contributed by atoms with Crippen LogP contribution in [0.5, 0.6) is 0 Å². The zero-order chi connectivity index (χ0) is 22.8. The molecule has 0 bridgehead atoms. The number of hydrogen-bond donors (Lipinski definition) is 1. The Kier molecular flexibility index (Phi) is 4.58. The van der Waals surface area contributed by atoms with Crippen LogP contribution in [0.25, 0.3) is 11.1 Å². The Balaban J connectivity index is 1.09. The Morgan fingerprint density at radius 2 is 2.00 bits per heavy atom. The van der Waals surface area contributed by atoms with Crippen LogP contribution in [0.3, 0.4) is 0 Å². The second-order valence-corrected chi connectivity index (χ2v) is 11.8. The summed E-state index contributed by atoms with van der Waals surface area (Å²) < 4.78 is 30.8. The third-order valence-corrected chi connectivity index (χ3v) is 9.04. The van der Waals surface area contributed by atoms with Crippen LogP contribution in [-0.2, 0) is 9.84 Å². The van der Waals surface area contributed by atoms with Crippen LogP contribution in [-0.4, -0.2) is 35.6 Å². The Labute approximate surface area is 195 Å². The zero-order valence-electron chi connectivity index (χ0n) is 17.5. The molecule has 6 rings (SSSR count). The van der Waals surface area contributed by atoms with E-state index in [0.29, 0.717) is 30.2 Å². The monoisotopic (exact) mass is 481 g/mol. The van der Waals surface area contributed by atoms with Gasteiger partial charge in [-0.3, -0.25) is 4.79 Å². The van der Waals surface area contributed by atoms with Crippen molar-refractivity contribution in [1.29, 1.82) is 0 Å². The number of rotatable bonds is 5. The molecule has 1 amide bonds. The van der Waals surface area contributed by atoms with E-state index in [-0.39, 0.29) is 39.1 Å². The van der Waals surface area contributed by atoms with Gasteiger partial charge in [0.1, 0.15) is 5.52 Å². The molecule has 0 radical (unpaired) electrons. The molecule has 1 spiro atoms. The van der Waals surface area contributed by atoms with Crippen molar-refractivity contribution >= 4 is 38.4 Å². The molecule has 3 aliphatic rings. The zero-order valence-corrected chi connectivity index (χ0v) is 19.1. The molecule has 2 heterocycles. The van der Waals surface area contributed by atoms with Gasteiger partial charge in [0.05, 0.1) is 11.3 Å². The SMILES string of the molecule is O=C(N[C@H]1C#C[C@]2(C1)C[C@H](c1nc3cc(Cl)ccc3o1)C2)c1ccnc(S(=O)(=O)C2CC2)c1. The first-order valence-electron chi connectivity index (χ1n) is 10.9. The molecule has 0 aliphatic heterocycles. The van der Waals surface area contributed by atoms with Gasteiger partial charge in [0.2, 0.25) is 0 Å². The molecular weight excluding hydrogens is 462 g/mol. The number of amides is 1. The number of oxazole rings is 1. The first-order chi connectivity index (χ1) is 15.8. The number of sulfone groups is 1. The maximum absolute atomic E-state index is 12.8. The van der Waals surface area contributed by atoms with Crippen molar-refractivity contribution < 1.29 is 17.6 Å². The summed E-state index contributed by atoms with van der Waals surface area (Å²) in [6.07, 6.45) is 5.02. The summed E-state index contributed by atoms with van der Waals surface area (Å²) in [5.41, 5.74) is 1.60. The van der Waals surface area contributed by atoms with Gasteiger partial charge in [0, 0.05) is 28.1 Å². The van der Waals surface area contributed by atoms with Gasteiger partial charge in [-0.05, 0) is 62.4 Å². The van der Waals surface area contributed by atoms with E-state index in [4.69, 9.17) is 16.0 Å². The second-order valence-electron chi connectivity index (χ2n) is 9.18. The third-order valence-electron chi connectivity index (χ3n) is 6.65. The summed E-state index contributed by atoms with van der Waals surface area (Å²) in [6, 6.07) is 8.00. The highest BCUT2D eigenvalue weighted by Gasteiger charge is 2.49. The topological polar surface area (TPSA) is 102 Å². The van der Waals surface area contributed by atoms with Crippen LogP contribution in [0.15, 0.2) is 46.0 Å². The van der Waals surface area contributed by atoms with E-state index in [9.17, 15) is 13.2 Å². The smallest absolute Gasteiger partial charge is 0.252 e. The first-order valence-corrected chi connectivity index (χ1v) is 12.8. The molecule has 2 fully saturated rings. The number of benzene rings is 1. The van der Waals surface area contributed by atoms with Crippen molar-refractivity contribution in [3.05, 3.63) is 53.0 Å². The highest BCUT2D eigenvalue weighted by Crippen LogP contribution is 2.55. The van der Waals surface area contributed by atoms with Crippen LogP contribution in [0.4, 0.5) is 0 Å². The molecule has 1 atom stereocenters. The average molecular weight is 482 g/mol. The quantitative estimate of drug-likeness (QED) is 0.555. The van der Waals surface area contributed by atoms with Crippen molar-refractivity contribution in [3.8, 4) is 11.8 Å². The van der Waals surface area contributed by atoms with Crippen molar-refractivity contribution in [2.45, 2.75) is 54.3 Å². The predicted octanol–water partition coefficient (Wildman–Crippen LogP) is 3.88. The Morgan fingerprint density at radius 1 is 1.18 bits per heavy atom. The summed E-state index contributed by atoms with van der Waals surface area (Å²) >= 11 is 6.04. The van der Waals surface area contributed by atoms with Crippen molar-refractivity contribution in [3.63, 3.8) is 0 Å². The van der Waals surface area contributed by atoms with Gasteiger partial charge in [-0.25, -0.2) is 18.4 Å². The lowest BCUT2D eigenvalue weighted by atomic mass is 9.61. The largest absolute Gasteiger partial charge is 0.440 e. The molecule has 3 aromatic rings. The Morgan fingerprint density at radius 3 is 2.79 bits per heavy atom. The van der Waals surface area contributed by atoms with Crippen molar-refractivity contribution in [2.75, 3.05) is 0 Å². The lowest BCUT2D eigenvalue weighted by Crippen LogP contribution is -2.39. The van der Waals surface area contributed by atoms with Crippen LogP contribution in [0.2, 0.25) is 5.02 Å². The summed E-state index contributed by atoms with van der Waals surface area (Å²) in [7, 11) is -3.45. The van der Waals surface area contributed by atoms with Crippen LogP contribution in [0.1, 0.15) is 54.3 Å². The predicted molar refractivity (Wildman–Crippen MR) is 122 cm³/mol. The van der Waals surface area contributed by atoms with E-state index >= 15 is 0 Å². The van der Waals surface area contributed by atoms with Crippen LogP contribution >= 0.6 is 11.6 Å². The van der Waals surface area contributed by atoms with E-state index in [2.05, 4.69) is 27.1 Å². The number of nitrogens with zero attached hydrogens (tertiary/aromatic N) is 2. The van der Waals surface area contributed by atoms with Gasteiger partial charge in [-0.1, -0.05) is 23.4 Å². The molecule has 33 heavy (non-hydrogen) atoms. The molecular formula is C24H20ClN3O4S. The van der Waals surface area contributed by atoms with Gasteiger partial charge in [-0.15, -0.1) is 0 Å². The lowest BCUT2D eigenvalue weighted by molar-refractivity contribution is 0.0922. The highest BCUT2D eigenvalue weighted by molar-refractivity contribution is 7.92. The summed E-state index contributed by atoms with van der Waals surface area (Å²) in [5, 5.41) is 3.16. The minimum atomic E-state index is -3.45. The molecule has 7 nitrogen and oxygen atoms in total. The number of fused-ring (bicyclic) bond motifs is 1. The molecule has 2 saturated carbocycles. The summed E-state index contributed by atoms with van der Waals surface area (Å²) in [5.74, 6) is 7.01. The highest BCUT2D eigenvalue weighted by atomic mass is 35.5. The van der Waals surface area contributed by atoms with Gasteiger partial charge in [-0.2, -0.15) is 0 Å². The number of pyridine rings is 1. The lowest BCUT2D eigenvalue weighted by Gasteiger charge is -2.41. The molecule has 168 valence electrons. The van der Waals surface area contributed by atoms with E-state index in [0.717, 1.165) is 23.9 Å². The molecule has 1 aromatic carbocycles. The Hall–Kier alpha value is -2.89. The van der Waals surface area contributed by atoms with Gasteiger partial charge in [0.15, 0.2) is 26.3 Å². The number of nitrogens with one attached hydrogen (secondary N) is 1. The fourth-order valence-corrected chi connectivity index (χ4v) is 6.50. The standard InChI is InChI=1S/C24H20ClN3O4S/c25-16-1-4-20-19(10-16)28-23(32-20)15-11-24(12-15)7-5-17(13-24)27-22(29)14-6-8-26-21(9-14)33(30,31)18-2-3-18/h1,4,6,8-10,15,17-18H,2-3,11-13H2,(H,27,29)/t15-,17-,24-/m0/s1. The first kappa shape index (κ1) is 20.7. The van der Waals surface area contributed by atoms with Crippen LogP contribution < -0.4 is 5.32 Å². The summed E-state index contributed by atoms with van der Waals surface area (Å²) in [6.45, 7) is 0. The fourth-order valence-electron chi connectivity index (χ4n) is 4.74. The Bertz CT molecular complexity index is 1460. The minimum absolute atomic E-state index is 0.0342. The van der Waals surface area contributed by atoms with Gasteiger partial charge in [0.25, 0.3) is 5.91 Å². The van der Waals surface area contributed by atoms with E-state index in [1.807, 2.05) is 6.07 Å². The van der Waals surface area contributed by atoms with Crippen molar-refractivity contribution in [1.82, 2.24) is 15.3 Å². The molecule has 0 unspecified atom stereocenters. The van der Waals surface area contributed by atoms with E-state index in [1.165, 1.54) is 18.3 Å². The maximum atomic E-state index is 12.8. The molecule has 1 N–H and O–H groups in total. The molecule has 0 saturated heterocycles. The average Bonchev–Trinajstić information content (AvgIpc) is 3.43. The molecule has 2 aromatic heterocycles. The fraction of sp³-hybridized carbons (Fsp3) is 0.375. The number of carbonyl (C=O) groups excluding carboxylic acids is 1. The summed E-state index contributed by atoms with van der Waals surface area (Å²) in [4.78, 5) is 21.3. The number of halogens is 1.